The fourth-order valence-corrected chi connectivity index (χ4v) is 2.79. The van der Waals surface area contributed by atoms with Gasteiger partial charge in [0, 0.05) is 10.5 Å². The third-order valence-electron chi connectivity index (χ3n) is 3.52. The van der Waals surface area contributed by atoms with Crippen LogP contribution in [0, 0.1) is 0 Å². The molecule has 1 N–H and O–H groups in total. The van der Waals surface area contributed by atoms with Gasteiger partial charge in [-0.2, -0.15) is 0 Å². The molecule has 0 saturated carbocycles. The fourth-order valence-electron chi connectivity index (χ4n) is 2.39. The third-order valence-corrected chi connectivity index (χ3v) is 4.01. The molecule has 0 heterocycles. The minimum Gasteiger partial charge on any atom is -0.310 e. The molecule has 20 heavy (non-hydrogen) atoms. The molecular weight excluding hydrogens is 310 g/mol. The van der Waals surface area contributed by atoms with Crippen molar-refractivity contribution in [3.05, 3.63) is 58.6 Å². The Balaban J connectivity index is 2.17. The highest BCUT2D eigenvalue weighted by Gasteiger charge is 2.08. The lowest BCUT2D eigenvalue weighted by molar-refractivity contribution is 0.518. The van der Waals surface area contributed by atoms with Crippen LogP contribution in [0.1, 0.15) is 38.3 Å². The highest BCUT2D eigenvalue weighted by molar-refractivity contribution is 9.10. The van der Waals surface area contributed by atoms with E-state index in [1.165, 1.54) is 23.1 Å². The van der Waals surface area contributed by atoms with Crippen molar-refractivity contribution in [1.29, 1.82) is 0 Å². The molecule has 2 aromatic rings. The van der Waals surface area contributed by atoms with Crippen molar-refractivity contribution in [3.8, 4) is 11.1 Å². The summed E-state index contributed by atoms with van der Waals surface area (Å²) >= 11 is 3.53. The van der Waals surface area contributed by atoms with E-state index in [1.807, 2.05) is 0 Å². The molecule has 2 aromatic carbocycles. The molecule has 0 radical (unpaired) electrons. The summed E-state index contributed by atoms with van der Waals surface area (Å²) in [6.07, 6.45) is 2.29. The molecule has 0 aliphatic rings. The summed E-state index contributed by atoms with van der Waals surface area (Å²) in [6.45, 7) is 5.51. The Hall–Kier alpha value is -1.12. The minimum absolute atomic E-state index is 0.464. The standard InChI is InChI=1S/C18H22BrN/c1-3-12-20-18(4-2)15-10-8-14(9-11-15)16-6-5-7-17(19)13-16/h5-11,13,18,20H,3-4,12H2,1-2H3. The number of halogens is 1. The predicted octanol–water partition coefficient (Wildman–Crippen LogP) is 5.57. The first-order valence-electron chi connectivity index (χ1n) is 7.34. The van der Waals surface area contributed by atoms with Crippen LogP contribution in [0.4, 0.5) is 0 Å². The summed E-state index contributed by atoms with van der Waals surface area (Å²) in [5.41, 5.74) is 3.89. The molecule has 0 bridgehead atoms. The first-order valence-corrected chi connectivity index (χ1v) is 8.13. The lowest BCUT2D eigenvalue weighted by atomic mass is 9.99. The van der Waals surface area contributed by atoms with Crippen molar-refractivity contribution < 1.29 is 0 Å². The molecule has 0 spiro atoms. The zero-order chi connectivity index (χ0) is 14.4. The van der Waals surface area contributed by atoms with Crippen molar-refractivity contribution in [3.63, 3.8) is 0 Å². The zero-order valence-electron chi connectivity index (χ0n) is 12.2. The van der Waals surface area contributed by atoms with Crippen molar-refractivity contribution >= 4 is 15.9 Å². The van der Waals surface area contributed by atoms with Crippen LogP contribution in [0.25, 0.3) is 11.1 Å². The van der Waals surface area contributed by atoms with Crippen LogP contribution in [-0.4, -0.2) is 6.54 Å². The maximum absolute atomic E-state index is 3.60. The molecule has 106 valence electrons. The van der Waals surface area contributed by atoms with Gasteiger partial charge in [-0.25, -0.2) is 0 Å². The van der Waals surface area contributed by atoms with Crippen molar-refractivity contribution in [2.45, 2.75) is 32.7 Å². The van der Waals surface area contributed by atoms with Gasteiger partial charge in [-0.05, 0) is 48.2 Å². The van der Waals surface area contributed by atoms with Gasteiger partial charge in [0.2, 0.25) is 0 Å². The Bertz CT molecular complexity index is 533. The van der Waals surface area contributed by atoms with Gasteiger partial charge in [-0.3, -0.25) is 0 Å². The molecule has 2 heteroatoms. The Labute approximate surface area is 130 Å². The van der Waals surface area contributed by atoms with Crippen LogP contribution >= 0.6 is 15.9 Å². The van der Waals surface area contributed by atoms with Crippen molar-refractivity contribution in [2.75, 3.05) is 6.54 Å². The number of nitrogens with one attached hydrogen (secondary N) is 1. The molecule has 0 saturated heterocycles. The molecule has 0 aliphatic carbocycles. The third kappa shape index (κ3) is 3.94. The van der Waals surface area contributed by atoms with Gasteiger partial charge >= 0.3 is 0 Å². The Kier molecular flexibility index (Phi) is 5.81. The topological polar surface area (TPSA) is 12.0 Å². The number of hydrogen-bond acceptors (Lipinski definition) is 1. The number of hydrogen-bond donors (Lipinski definition) is 1. The van der Waals surface area contributed by atoms with E-state index >= 15 is 0 Å². The minimum atomic E-state index is 0.464. The van der Waals surface area contributed by atoms with E-state index in [1.54, 1.807) is 0 Å². The van der Waals surface area contributed by atoms with Crippen LogP contribution in [0.5, 0.6) is 0 Å². The number of benzene rings is 2. The van der Waals surface area contributed by atoms with Crippen molar-refractivity contribution in [2.24, 2.45) is 0 Å². The zero-order valence-corrected chi connectivity index (χ0v) is 13.8. The summed E-state index contributed by atoms with van der Waals surface area (Å²) in [7, 11) is 0. The Morgan fingerprint density at radius 3 is 2.35 bits per heavy atom. The summed E-state index contributed by atoms with van der Waals surface area (Å²) < 4.78 is 1.12. The summed E-state index contributed by atoms with van der Waals surface area (Å²) in [6, 6.07) is 17.8. The van der Waals surface area contributed by atoms with Crippen LogP contribution in [0.15, 0.2) is 53.0 Å². The number of rotatable bonds is 6. The first-order chi connectivity index (χ1) is 9.74. The average Bonchev–Trinajstić information content (AvgIpc) is 2.49. The van der Waals surface area contributed by atoms with Gasteiger partial charge in [0.1, 0.15) is 0 Å². The molecule has 0 aliphatic heterocycles. The molecule has 2 rings (SSSR count). The predicted molar refractivity (Wildman–Crippen MR) is 90.9 cm³/mol. The second-order valence-corrected chi connectivity index (χ2v) is 5.96. The second kappa shape index (κ2) is 7.61. The van der Waals surface area contributed by atoms with Crippen LogP contribution in [0.3, 0.4) is 0 Å². The van der Waals surface area contributed by atoms with Gasteiger partial charge in [0.25, 0.3) is 0 Å². The normalized spacial score (nSPS) is 12.3. The summed E-state index contributed by atoms with van der Waals surface area (Å²) in [5, 5.41) is 3.60. The van der Waals surface area contributed by atoms with E-state index in [0.717, 1.165) is 17.4 Å². The molecule has 1 nitrogen and oxygen atoms in total. The van der Waals surface area contributed by atoms with E-state index in [4.69, 9.17) is 0 Å². The molecule has 1 unspecified atom stereocenters. The smallest absolute Gasteiger partial charge is 0.0317 e. The average molecular weight is 332 g/mol. The van der Waals surface area contributed by atoms with E-state index < -0.39 is 0 Å². The summed E-state index contributed by atoms with van der Waals surface area (Å²) in [5.74, 6) is 0. The molecular formula is C18H22BrN. The van der Waals surface area contributed by atoms with E-state index in [9.17, 15) is 0 Å². The quantitative estimate of drug-likeness (QED) is 0.729. The molecule has 0 fully saturated rings. The highest BCUT2D eigenvalue weighted by Crippen LogP contribution is 2.25. The van der Waals surface area contributed by atoms with Gasteiger partial charge in [0.15, 0.2) is 0 Å². The molecule has 1 atom stereocenters. The van der Waals surface area contributed by atoms with Gasteiger partial charge in [-0.15, -0.1) is 0 Å². The Morgan fingerprint density at radius 2 is 1.75 bits per heavy atom. The van der Waals surface area contributed by atoms with Crippen LogP contribution in [0.2, 0.25) is 0 Å². The molecule has 0 aromatic heterocycles. The maximum Gasteiger partial charge on any atom is 0.0317 e. The monoisotopic (exact) mass is 331 g/mol. The largest absolute Gasteiger partial charge is 0.310 e. The van der Waals surface area contributed by atoms with E-state index in [0.29, 0.717) is 6.04 Å². The van der Waals surface area contributed by atoms with Gasteiger partial charge < -0.3 is 5.32 Å². The lowest BCUT2D eigenvalue weighted by Gasteiger charge is -2.17. The maximum atomic E-state index is 3.60. The van der Waals surface area contributed by atoms with Gasteiger partial charge in [0.05, 0.1) is 0 Å². The van der Waals surface area contributed by atoms with Crippen molar-refractivity contribution in [1.82, 2.24) is 5.32 Å². The van der Waals surface area contributed by atoms with Gasteiger partial charge in [-0.1, -0.05) is 66.2 Å². The SMILES string of the molecule is CCCNC(CC)c1ccc(-c2cccc(Br)c2)cc1. The second-order valence-electron chi connectivity index (χ2n) is 5.05. The van der Waals surface area contributed by atoms with E-state index in [-0.39, 0.29) is 0 Å². The Morgan fingerprint density at radius 1 is 1.00 bits per heavy atom. The van der Waals surface area contributed by atoms with Crippen LogP contribution in [-0.2, 0) is 0 Å². The lowest BCUT2D eigenvalue weighted by Crippen LogP contribution is -2.21. The van der Waals surface area contributed by atoms with E-state index in [2.05, 4.69) is 83.6 Å². The highest BCUT2D eigenvalue weighted by atomic mass is 79.9. The summed E-state index contributed by atoms with van der Waals surface area (Å²) in [4.78, 5) is 0. The van der Waals surface area contributed by atoms with Crippen LogP contribution < -0.4 is 5.32 Å². The first kappa shape index (κ1) is 15.3. The molecule has 0 amide bonds. The fraction of sp³-hybridized carbons (Fsp3) is 0.333.